The second-order valence-electron chi connectivity index (χ2n) is 8.42. The molecule has 0 bridgehead atoms. The lowest BCUT2D eigenvalue weighted by Gasteiger charge is -2.43. The SMILES string of the molecule is CC1C(=O)N(CC2CN(Cc3ccccc3)CCO2)CCN1c1cccc(C(F)(F)F)c1. The third-order valence-corrected chi connectivity index (χ3v) is 6.15. The number of anilines is 1. The smallest absolute Gasteiger partial charge is 0.374 e. The van der Waals surface area contributed by atoms with Gasteiger partial charge in [-0.05, 0) is 30.7 Å². The molecule has 2 heterocycles. The van der Waals surface area contributed by atoms with E-state index in [0.29, 0.717) is 31.9 Å². The fourth-order valence-corrected chi connectivity index (χ4v) is 4.45. The number of ether oxygens (including phenoxy) is 1. The minimum absolute atomic E-state index is 0.0799. The highest BCUT2D eigenvalue weighted by Gasteiger charge is 2.36. The van der Waals surface area contributed by atoms with Crippen molar-refractivity contribution >= 4 is 11.6 Å². The van der Waals surface area contributed by atoms with Crippen molar-refractivity contribution in [1.82, 2.24) is 9.80 Å². The van der Waals surface area contributed by atoms with Gasteiger partial charge in [0, 0.05) is 45.0 Å². The van der Waals surface area contributed by atoms with E-state index in [-0.39, 0.29) is 12.0 Å². The molecule has 2 aliphatic rings. The van der Waals surface area contributed by atoms with E-state index in [2.05, 4.69) is 17.0 Å². The average molecular weight is 448 g/mol. The standard InChI is InChI=1S/C24H28F3N3O2/c1-18-23(31)29(10-11-30(18)21-9-5-8-20(14-21)24(25,26)27)17-22-16-28(12-13-32-22)15-19-6-3-2-4-7-19/h2-9,14,18,22H,10-13,15-17H2,1H3. The Bertz CT molecular complexity index is 922. The molecule has 172 valence electrons. The van der Waals surface area contributed by atoms with Crippen LogP contribution in [0, 0.1) is 0 Å². The summed E-state index contributed by atoms with van der Waals surface area (Å²) in [5.41, 5.74) is 0.960. The number of benzene rings is 2. The van der Waals surface area contributed by atoms with Gasteiger partial charge in [0.05, 0.1) is 18.3 Å². The summed E-state index contributed by atoms with van der Waals surface area (Å²) < 4.78 is 45.2. The molecule has 32 heavy (non-hydrogen) atoms. The molecule has 4 rings (SSSR count). The van der Waals surface area contributed by atoms with E-state index in [1.54, 1.807) is 22.8 Å². The summed E-state index contributed by atoms with van der Waals surface area (Å²) in [6, 6.07) is 14.9. The molecule has 2 atom stereocenters. The van der Waals surface area contributed by atoms with Gasteiger partial charge in [-0.25, -0.2) is 0 Å². The molecule has 2 fully saturated rings. The lowest BCUT2D eigenvalue weighted by molar-refractivity contribution is -0.137. The zero-order chi connectivity index (χ0) is 22.7. The van der Waals surface area contributed by atoms with E-state index in [1.165, 1.54) is 11.6 Å². The predicted octanol–water partition coefficient (Wildman–Crippen LogP) is 3.64. The van der Waals surface area contributed by atoms with Gasteiger partial charge >= 0.3 is 6.18 Å². The van der Waals surface area contributed by atoms with Gasteiger partial charge in [0.2, 0.25) is 5.91 Å². The van der Waals surface area contributed by atoms with Crippen LogP contribution in [-0.2, 0) is 22.3 Å². The third kappa shape index (κ3) is 5.24. The number of rotatable bonds is 5. The quantitative estimate of drug-likeness (QED) is 0.701. The Balaban J connectivity index is 1.36. The zero-order valence-electron chi connectivity index (χ0n) is 18.1. The van der Waals surface area contributed by atoms with Crippen molar-refractivity contribution in [2.75, 3.05) is 44.2 Å². The fraction of sp³-hybridized carbons (Fsp3) is 0.458. The highest BCUT2D eigenvalue weighted by molar-refractivity contribution is 5.86. The predicted molar refractivity (Wildman–Crippen MR) is 116 cm³/mol. The lowest BCUT2D eigenvalue weighted by atomic mass is 10.1. The highest BCUT2D eigenvalue weighted by Crippen LogP contribution is 2.32. The van der Waals surface area contributed by atoms with Gasteiger partial charge in [-0.3, -0.25) is 9.69 Å². The Kier molecular flexibility index (Phi) is 6.71. The van der Waals surface area contributed by atoms with Gasteiger partial charge in [-0.2, -0.15) is 13.2 Å². The minimum atomic E-state index is -4.41. The summed E-state index contributed by atoms with van der Waals surface area (Å²) in [6.45, 7) is 6.22. The minimum Gasteiger partial charge on any atom is -0.374 e. The Morgan fingerprint density at radius 3 is 2.56 bits per heavy atom. The molecular formula is C24H28F3N3O2. The molecule has 2 unspecified atom stereocenters. The van der Waals surface area contributed by atoms with Crippen LogP contribution in [0.5, 0.6) is 0 Å². The second kappa shape index (κ2) is 9.50. The van der Waals surface area contributed by atoms with Crippen molar-refractivity contribution in [2.45, 2.75) is 31.8 Å². The van der Waals surface area contributed by atoms with Crippen molar-refractivity contribution in [3.8, 4) is 0 Å². The first kappa shape index (κ1) is 22.6. The van der Waals surface area contributed by atoms with Gasteiger partial charge in [0.1, 0.15) is 6.04 Å². The molecule has 2 saturated heterocycles. The van der Waals surface area contributed by atoms with Crippen LogP contribution in [0.2, 0.25) is 0 Å². The van der Waals surface area contributed by atoms with E-state index in [0.717, 1.165) is 31.8 Å². The van der Waals surface area contributed by atoms with Crippen molar-refractivity contribution < 1.29 is 22.7 Å². The molecule has 0 radical (unpaired) electrons. The third-order valence-electron chi connectivity index (χ3n) is 6.15. The number of amides is 1. The van der Waals surface area contributed by atoms with Gasteiger partial charge in [-0.1, -0.05) is 36.4 Å². The Hall–Kier alpha value is -2.58. The Morgan fingerprint density at radius 1 is 1.03 bits per heavy atom. The number of halogens is 3. The number of carbonyl (C=O) groups is 1. The molecule has 0 aromatic heterocycles. The summed E-state index contributed by atoms with van der Waals surface area (Å²) in [7, 11) is 0. The number of hydrogen-bond donors (Lipinski definition) is 0. The molecule has 0 saturated carbocycles. The largest absolute Gasteiger partial charge is 0.416 e. The first-order valence-corrected chi connectivity index (χ1v) is 10.9. The fourth-order valence-electron chi connectivity index (χ4n) is 4.45. The van der Waals surface area contributed by atoms with E-state index >= 15 is 0 Å². The lowest BCUT2D eigenvalue weighted by Crippen LogP contribution is -2.59. The molecule has 0 aliphatic carbocycles. The number of alkyl halides is 3. The number of nitrogens with zero attached hydrogens (tertiary/aromatic N) is 3. The van der Waals surface area contributed by atoms with Gasteiger partial charge < -0.3 is 14.5 Å². The summed E-state index contributed by atoms with van der Waals surface area (Å²) in [5.74, 6) is -0.0857. The highest BCUT2D eigenvalue weighted by atomic mass is 19.4. The topological polar surface area (TPSA) is 36.0 Å². The average Bonchev–Trinajstić information content (AvgIpc) is 2.78. The second-order valence-corrected chi connectivity index (χ2v) is 8.42. The molecule has 0 spiro atoms. The summed E-state index contributed by atoms with van der Waals surface area (Å²) in [5, 5.41) is 0. The van der Waals surface area contributed by atoms with E-state index < -0.39 is 17.8 Å². The maximum absolute atomic E-state index is 13.1. The summed E-state index contributed by atoms with van der Waals surface area (Å²) in [6.07, 6.45) is -4.49. The zero-order valence-corrected chi connectivity index (χ0v) is 18.1. The normalized spacial score (nSPS) is 22.9. The van der Waals surface area contributed by atoms with Crippen LogP contribution in [0.4, 0.5) is 18.9 Å². The molecule has 2 aromatic carbocycles. The van der Waals surface area contributed by atoms with Crippen molar-refractivity contribution in [3.05, 3.63) is 65.7 Å². The van der Waals surface area contributed by atoms with E-state index in [9.17, 15) is 18.0 Å². The first-order chi connectivity index (χ1) is 15.3. The van der Waals surface area contributed by atoms with Crippen LogP contribution in [0.15, 0.2) is 54.6 Å². The molecule has 2 aromatic rings. The van der Waals surface area contributed by atoms with Gasteiger partial charge in [-0.15, -0.1) is 0 Å². The van der Waals surface area contributed by atoms with Crippen molar-refractivity contribution in [2.24, 2.45) is 0 Å². The first-order valence-electron chi connectivity index (χ1n) is 10.9. The van der Waals surface area contributed by atoms with Crippen LogP contribution in [0.3, 0.4) is 0 Å². The molecule has 1 amide bonds. The molecule has 5 nitrogen and oxygen atoms in total. The maximum Gasteiger partial charge on any atom is 0.416 e. The molecule has 8 heteroatoms. The van der Waals surface area contributed by atoms with Gasteiger partial charge in [0.15, 0.2) is 0 Å². The van der Waals surface area contributed by atoms with Crippen LogP contribution in [-0.4, -0.2) is 67.2 Å². The molecular weight excluding hydrogens is 419 g/mol. The Morgan fingerprint density at radius 2 is 1.81 bits per heavy atom. The molecule has 2 aliphatic heterocycles. The maximum atomic E-state index is 13.1. The van der Waals surface area contributed by atoms with Crippen LogP contribution < -0.4 is 4.90 Å². The number of morpholine rings is 1. The van der Waals surface area contributed by atoms with E-state index in [4.69, 9.17) is 4.74 Å². The number of carbonyl (C=O) groups excluding carboxylic acids is 1. The van der Waals surface area contributed by atoms with Crippen LogP contribution in [0.25, 0.3) is 0 Å². The molecule has 0 N–H and O–H groups in total. The summed E-state index contributed by atoms with van der Waals surface area (Å²) >= 11 is 0. The van der Waals surface area contributed by atoms with Crippen molar-refractivity contribution in [1.29, 1.82) is 0 Å². The van der Waals surface area contributed by atoms with Crippen LogP contribution >= 0.6 is 0 Å². The van der Waals surface area contributed by atoms with Gasteiger partial charge in [0.25, 0.3) is 0 Å². The number of hydrogen-bond acceptors (Lipinski definition) is 4. The monoisotopic (exact) mass is 447 g/mol. The van der Waals surface area contributed by atoms with Crippen molar-refractivity contribution in [3.63, 3.8) is 0 Å². The Labute approximate surface area is 186 Å². The summed E-state index contributed by atoms with van der Waals surface area (Å²) in [4.78, 5) is 18.9. The van der Waals surface area contributed by atoms with E-state index in [1.807, 2.05) is 18.2 Å². The number of piperazine rings is 1. The van der Waals surface area contributed by atoms with Crippen LogP contribution in [0.1, 0.15) is 18.1 Å².